The van der Waals surface area contributed by atoms with Gasteiger partial charge in [0.15, 0.2) is 11.5 Å². The summed E-state index contributed by atoms with van der Waals surface area (Å²) < 4.78 is 16.3. The third-order valence-electron chi connectivity index (χ3n) is 4.45. The molecular formula is C21H20FN5. The number of rotatable bonds is 4. The number of nitrogens with zero attached hydrogens (tertiary/aromatic N) is 4. The Kier molecular flexibility index (Phi) is 4.24. The minimum atomic E-state index is -0.262. The van der Waals surface area contributed by atoms with Crippen molar-refractivity contribution in [1.82, 2.24) is 14.4 Å². The van der Waals surface area contributed by atoms with Gasteiger partial charge in [-0.25, -0.2) is 14.4 Å². The molecule has 136 valence electrons. The highest BCUT2D eigenvalue weighted by molar-refractivity contribution is 5.75. The smallest absolute Gasteiger partial charge is 0.180 e. The van der Waals surface area contributed by atoms with E-state index in [1.807, 2.05) is 60.7 Å². The number of imidazole rings is 1. The van der Waals surface area contributed by atoms with Crippen molar-refractivity contribution in [3.63, 3.8) is 0 Å². The van der Waals surface area contributed by atoms with E-state index in [4.69, 9.17) is 0 Å². The standard InChI is InChI=1S/C21H20FN5/c1-14-7-8-17(18(22)11-14)19-13-24-21-20(23-9-10-27(19)21)25-15-5-4-6-16(12-15)26(2)3/h4-13H,1-3H3,(H,23,25). The van der Waals surface area contributed by atoms with Gasteiger partial charge in [0, 0.05) is 43.4 Å². The van der Waals surface area contributed by atoms with E-state index in [9.17, 15) is 4.39 Å². The molecule has 2 aromatic carbocycles. The highest BCUT2D eigenvalue weighted by atomic mass is 19.1. The molecule has 0 amide bonds. The fraction of sp³-hybridized carbons (Fsp3) is 0.143. The Labute approximate surface area is 157 Å². The van der Waals surface area contributed by atoms with Gasteiger partial charge in [0.1, 0.15) is 5.82 Å². The first-order valence-electron chi connectivity index (χ1n) is 8.66. The third kappa shape index (κ3) is 3.21. The summed E-state index contributed by atoms with van der Waals surface area (Å²) in [6.07, 6.45) is 5.15. The molecule has 0 radical (unpaired) electrons. The molecule has 2 heterocycles. The summed E-state index contributed by atoms with van der Waals surface area (Å²) in [6.45, 7) is 1.87. The fourth-order valence-electron chi connectivity index (χ4n) is 3.03. The third-order valence-corrected chi connectivity index (χ3v) is 4.45. The summed E-state index contributed by atoms with van der Waals surface area (Å²) in [5.41, 5.74) is 4.72. The molecule has 0 unspecified atom stereocenters. The molecule has 6 heteroatoms. The molecule has 0 bridgehead atoms. The van der Waals surface area contributed by atoms with Gasteiger partial charge in [-0.3, -0.25) is 4.40 Å². The summed E-state index contributed by atoms with van der Waals surface area (Å²) in [6, 6.07) is 13.2. The monoisotopic (exact) mass is 361 g/mol. The van der Waals surface area contributed by atoms with Gasteiger partial charge in [-0.05, 0) is 42.8 Å². The minimum absolute atomic E-state index is 0.262. The van der Waals surface area contributed by atoms with Crippen molar-refractivity contribution in [3.05, 3.63) is 72.4 Å². The molecule has 0 fully saturated rings. The van der Waals surface area contributed by atoms with Crippen LogP contribution in [0.1, 0.15) is 5.56 Å². The summed E-state index contributed by atoms with van der Waals surface area (Å²) in [5.74, 6) is 0.356. The maximum Gasteiger partial charge on any atom is 0.180 e. The minimum Gasteiger partial charge on any atom is -0.378 e. The van der Waals surface area contributed by atoms with Crippen LogP contribution in [0.3, 0.4) is 0 Å². The fourth-order valence-corrected chi connectivity index (χ4v) is 3.03. The number of halogens is 1. The molecule has 4 rings (SSSR count). The largest absolute Gasteiger partial charge is 0.378 e. The van der Waals surface area contributed by atoms with Gasteiger partial charge in [-0.1, -0.05) is 12.1 Å². The van der Waals surface area contributed by atoms with Crippen LogP contribution >= 0.6 is 0 Å². The second-order valence-electron chi connectivity index (χ2n) is 6.67. The van der Waals surface area contributed by atoms with E-state index in [1.54, 1.807) is 24.7 Å². The molecule has 0 aliphatic heterocycles. The number of fused-ring (bicyclic) bond motifs is 1. The molecule has 0 aliphatic rings. The number of benzene rings is 2. The van der Waals surface area contributed by atoms with Crippen LogP contribution in [0.2, 0.25) is 0 Å². The lowest BCUT2D eigenvalue weighted by molar-refractivity contribution is 0.629. The van der Waals surface area contributed by atoms with Crippen LogP contribution in [0.4, 0.5) is 21.6 Å². The molecule has 0 aliphatic carbocycles. The molecule has 2 aromatic heterocycles. The normalized spacial score (nSPS) is 11.0. The number of nitrogens with one attached hydrogen (secondary N) is 1. The topological polar surface area (TPSA) is 45.5 Å². The van der Waals surface area contributed by atoms with Crippen molar-refractivity contribution in [3.8, 4) is 11.3 Å². The SMILES string of the molecule is Cc1ccc(-c2cnc3c(Nc4cccc(N(C)C)c4)nccn23)c(F)c1. The molecule has 0 atom stereocenters. The van der Waals surface area contributed by atoms with Crippen molar-refractivity contribution >= 4 is 22.8 Å². The zero-order valence-electron chi connectivity index (χ0n) is 15.4. The van der Waals surface area contributed by atoms with Gasteiger partial charge in [0.25, 0.3) is 0 Å². The Balaban J connectivity index is 1.76. The second kappa shape index (κ2) is 6.72. The summed E-state index contributed by atoms with van der Waals surface area (Å²) in [7, 11) is 3.99. The lowest BCUT2D eigenvalue weighted by Crippen LogP contribution is -2.08. The van der Waals surface area contributed by atoms with Crippen LogP contribution in [0.5, 0.6) is 0 Å². The molecule has 5 nitrogen and oxygen atoms in total. The number of hydrogen-bond donors (Lipinski definition) is 1. The molecule has 0 saturated heterocycles. The second-order valence-corrected chi connectivity index (χ2v) is 6.67. The van der Waals surface area contributed by atoms with Crippen LogP contribution in [-0.2, 0) is 0 Å². The Morgan fingerprint density at radius 1 is 1.07 bits per heavy atom. The van der Waals surface area contributed by atoms with E-state index in [-0.39, 0.29) is 5.82 Å². The summed E-state index contributed by atoms with van der Waals surface area (Å²) in [4.78, 5) is 10.9. The van der Waals surface area contributed by atoms with E-state index >= 15 is 0 Å². The highest BCUT2D eigenvalue weighted by Crippen LogP contribution is 2.28. The van der Waals surface area contributed by atoms with Crippen LogP contribution in [0, 0.1) is 12.7 Å². The van der Waals surface area contributed by atoms with Gasteiger partial charge in [0.2, 0.25) is 0 Å². The van der Waals surface area contributed by atoms with E-state index in [2.05, 4.69) is 15.3 Å². The number of aromatic nitrogens is 3. The van der Waals surface area contributed by atoms with Gasteiger partial charge >= 0.3 is 0 Å². The van der Waals surface area contributed by atoms with Crippen LogP contribution in [-0.4, -0.2) is 28.5 Å². The van der Waals surface area contributed by atoms with Crippen molar-refractivity contribution in [2.75, 3.05) is 24.3 Å². The molecule has 27 heavy (non-hydrogen) atoms. The molecule has 0 saturated carbocycles. The summed E-state index contributed by atoms with van der Waals surface area (Å²) >= 11 is 0. The number of hydrogen-bond acceptors (Lipinski definition) is 4. The average molecular weight is 361 g/mol. The molecule has 0 spiro atoms. The average Bonchev–Trinajstić information content (AvgIpc) is 3.07. The predicted octanol–water partition coefficient (Wildman–Crippen LogP) is 4.65. The lowest BCUT2D eigenvalue weighted by atomic mass is 10.1. The van der Waals surface area contributed by atoms with E-state index < -0.39 is 0 Å². The maximum atomic E-state index is 14.4. The number of aryl methyl sites for hydroxylation is 1. The maximum absolute atomic E-state index is 14.4. The van der Waals surface area contributed by atoms with E-state index in [1.165, 1.54) is 6.07 Å². The Hall–Kier alpha value is -3.41. The highest BCUT2D eigenvalue weighted by Gasteiger charge is 2.14. The summed E-state index contributed by atoms with van der Waals surface area (Å²) in [5, 5.41) is 3.32. The van der Waals surface area contributed by atoms with Crippen molar-refractivity contribution in [2.45, 2.75) is 6.92 Å². The van der Waals surface area contributed by atoms with Crippen LogP contribution in [0.15, 0.2) is 61.1 Å². The van der Waals surface area contributed by atoms with Crippen molar-refractivity contribution in [1.29, 1.82) is 0 Å². The molecule has 1 N–H and O–H groups in total. The van der Waals surface area contributed by atoms with E-state index in [0.717, 1.165) is 16.9 Å². The van der Waals surface area contributed by atoms with Gasteiger partial charge in [0.05, 0.1) is 11.9 Å². The zero-order chi connectivity index (χ0) is 19.0. The van der Waals surface area contributed by atoms with Crippen LogP contribution in [0.25, 0.3) is 16.9 Å². The molecular weight excluding hydrogens is 341 g/mol. The molecule has 4 aromatic rings. The number of anilines is 3. The first-order chi connectivity index (χ1) is 13.0. The van der Waals surface area contributed by atoms with Crippen LogP contribution < -0.4 is 10.2 Å². The van der Waals surface area contributed by atoms with Crippen molar-refractivity contribution < 1.29 is 4.39 Å². The zero-order valence-corrected chi connectivity index (χ0v) is 15.4. The van der Waals surface area contributed by atoms with Gasteiger partial charge in [-0.2, -0.15) is 0 Å². The van der Waals surface area contributed by atoms with E-state index in [0.29, 0.717) is 22.7 Å². The Morgan fingerprint density at radius 2 is 1.93 bits per heavy atom. The Bertz CT molecular complexity index is 1120. The first-order valence-corrected chi connectivity index (χ1v) is 8.66. The first kappa shape index (κ1) is 17.0. The Morgan fingerprint density at radius 3 is 2.70 bits per heavy atom. The van der Waals surface area contributed by atoms with Crippen molar-refractivity contribution in [2.24, 2.45) is 0 Å². The lowest BCUT2D eigenvalue weighted by Gasteiger charge is -2.14. The predicted molar refractivity (Wildman–Crippen MR) is 107 cm³/mol. The van der Waals surface area contributed by atoms with Gasteiger partial charge < -0.3 is 10.2 Å². The van der Waals surface area contributed by atoms with Gasteiger partial charge in [-0.15, -0.1) is 0 Å². The quantitative estimate of drug-likeness (QED) is 0.574.